The highest BCUT2D eigenvalue weighted by Crippen LogP contribution is 2.22. The molecule has 1 aliphatic heterocycles. The summed E-state index contributed by atoms with van der Waals surface area (Å²) in [5, 5.41) is 0. The second kappa shape index (κ2) is 6.55. The van der Waals surface area contributed by atoms with Crippen molar-refractivity contribution in [3.63, 3.8) is 0 Å². The first-order chi connectivity index (χ1) is 9.22. The zero-order valence-corrected chi connectivity index (χ0v) is 11.9. The van der Waals surface area contributed by atoms with Crippen molar-refractivity contribution in [2.24, 2.45) is 0 Å². The normalized spacial score (nSPS) is 20.4. The van der Waals surface area contributed by atoms with E-state index < -0.39 is 0 Å². The predicted molar refractivity (Wildman–Crippen MR) is 79.7 cm³/mol. The summed E-state index contributed by atoms with van der Waals surface area (Å²) in [4.78, 5) is 14.6. The van der Waals surface area contributed by atoms with Gasteiger partial charge in [-0.25, -0.2) is 0 Å². The van der Waals surface area contributed by atoms with Crippen molar-refractivity contribution >= 4 is 12.0 Å². The van der Waals surface area contributed by atoms with Crippen LogP contribution >= 0.6 is 0 Å². The fourth-order valence-corrected chi connectivity index (χ4v) is 2.78. The number of likely N-dealkylation sites (tertiary alicyclic amines) is 1. The Kier molecular flexibility index (Phi) is 4.78. The molecule has 0 spiro atoms. The second-order valence-corrected chi connectivity index (χ2v) is 5.29. The fraction of sp³-hybridized carbons (Fsp3) is 0.471. The maximum atomic E-state index is 12.5. The molecule has 1 aromatic rings. The van der Waals surface area contributed by atoms with Gasteiger partial charge in [-0.05, 0) is 44.2 Å². The molecule has 2 heteroatoms. The molecule has 2 rings (SSSR count). The summed E-state index contributed by atoms with van der Waals surface area (Å²) >= 11 is 0. The molecule has 102 valence electrons. The van der Waals surface area contributed by atoms with Crippen molar-refractivity contribution in [2.45, 2.75) is 45.6 Å². The number of piperidine rings is 1. The molecule has 1 unspecified atom stereocenters. The van der Waals surface area contributed by atoms with E-state index in [0.29, 0.717) is 6.04 Å². The Morgan fingerprint density at radius 1 is 1.32 bits per heavy atom. The maximum Gasteiger partial charge on any atom is 0.249 e. The molecule has 1 aromatic carbocycles. The molecule has 19 heavy (non-hydrogen) atoms. The molecule has 0 aliphatic carbocycles. The third kappa shape index (κ3) is 3.46. The lowest BCUT2D eigenvalue weighted by atomic mass is 9.98. The lowest BCUT2D eigenvalue weighted by molar-refractivity contribution is -0.130. The Morgan fingerprint density at radius 3 is 2.74 bits per heavy atom. The minimum Gasteiger partial charge on any atom is -0.336 e. The van der Waals surface area contributed by atoms with E-state index in [1.165, 1.54) is 6.42 Å². The van der Waals surface area contributed by atoms with Gasteiger partial charge in [-0.1, -0.05) is 37.3 Å². The van der Waals surface area contributed by atoms with Crippen LogP contribution in [0.2, 0.25) is 0 Å². The van der Waals surface area contributed by atoms with E-state index >= 15 is 0 Å². The maximum absolute atomic E-state index is 12.5. The van der Waals surface area contributed by atoms with Gasteiger partial charge in [0.1, 0.15) is 0 Å². The molecule has 1 aliphatic rings. The lowest BCUT2D eigenvalue weighted by Crippen LogP contribution is -2.43. The Bertz CT molecular complexity index is 450. The predicted octanol–water partition coefficient (Wildman–Crippen LogP) is 3.88. The number of carbonyl (C=O) groups excluding carboxylic acids is 1. The van der Waals surface area contributed by atoms with Gasteiger partial charge in [-0.3, -0.25) is 4.79 Å². The van der Waals surface area contributed by atoms with E-state index in [-0.39, 0.29) is 5.91 Å². The van der Waals surface area contributed by atoms with Crippen molar-refractivity contribution in [3.05, 3.63) is 41.5 Å². The number of rotatable bonds is 3. The Hall–Kier alpha value is -1.57. The van der Waals surface area contributed by atoms with Crippen LogP contribution in [-0.4, -0.2) is 23.4 Å². The average Bonchev–Trinajstić information content (AvgIpc) is 2.47. The van der Waals surface area contributed by atoms with Crippen LogP contribution in [0.3, 0.4) is 0 Å². The zero-order valence-electron chi connectivity index (χ0n) is 11.9. The van der Waals surface area contributed by atoms with Gasteiger partial charge in [0.25, 0.3) is 0 Å². The van der Waals surface area contributed by atoms with Gasteiger partial charge in [0, 0.05) is 18.2 Å². The third-order valence-corrected chi connectivity index (χ3v) is 3.88. The lowest BCUT2D eigenvalue weighted by Gasteiger charge is -2.35. The van der Waals surface area contributed by atoms with Crippen molar-refractivity contribution in [2.75, 3.05) is 6.54 Å². The van der Waals surface area contributed by atoms with Crippen LogP contribution in [0.4, 0.5) is 0 Å². The number of nitrogens with zero attached hydrogens (tertiary/aromatic N) is 1. The van der Waals surface area contributed by atoms with E-state index in [4.69, 9.17) is 0 Å². The van der Waals surface area contributed by atoms with Crippen LogP contribution < -0.4 is 0 Å². The fourth-order valence-electron chi connectivity index (χ4n) is 2.78. The van der Waals surface area contributed by atoms with E-state index in [9.17, 15) is 4.79 Å². The summed E-state index contributed by atoms with van der Waals surface area (Å²) in [5.41, 5.74) is 1.94. The van der Waals surface area contributed by atoms with Gasteiger partial charge in [-0.15, -0.1) is 0 Å². The van der Waals surface area contributed by atoms with E-state index in [1.807, 2.05) is 43.3 Å². The first-order valence-corrected chi connectivity index (χ1v) is 7.26. The SMILES string of the molecule is CCC1CCCCN1C(=O)C(C)=Cc1ccccc1. The van der Waals surface area contributed by atoms with Crippen LogP contribution in [-0.2, 0) is 4.79 Å². The van der Waals surface area contributed by atoms with Crippen molar-refractivity contribution in [1.29, 1.82) is 0 Å². The van der Waals surface area contributed by atoms with Crippen molar-refractivity contribution in [3.8, 4) is 0 Å². The molecule has 1 amide bonds. The molecule has 0 bridgehead atoms. The molecular formula is C17H23NO. The Balaban J connectivity index is 2.12. The van der Waals surface area contributed by atoms with Gasteiger partial charge in [0.15, 0.2) is 0 Å². The van der Waals surface area contributed by atoms with Gasteiger partial charge in [-0.2, -0.15) is 0 Å². The molecule has 1 fully saturated rings. The van der Waals surface area contributed by atoms with Crippen molar-refractivity contribution < 1.29 is 4.79 Å². The highest BCUT2D eigenvalue weighted by atomic mass is 16.2. The Morgan fingerprint density at radius 2 is 2.05 bits per heavy atom. The largest absolute Gasteiger partial charge is 0.336 e. The molecule has 0 aromatic heterocycles. The van der Waals surface area contributed by atoms with Crippen LogP contribution in [0, 0.1) is 0 Å². The van der Waals surface area contributed by atoms with E-state index in [2.05, 4.69) is 11.8 Å². The molecule has 2 nitrogen and oxygen atoms in total. The van der Waals surface area contributed by atoms with Crippen LogP contribution in [0.15, 0.2) is 35.9 Å². The quantitative estimate of drug-likeness (QED) is 0.752. The Labute approximate surface area is 116 Å². The smallest absolute Gasteiger partial charge is 0.249 e. The van der Waals surface area contributed by atoms with Gasteiger partial charge in [0.2, 0.25) is 5.91 Å². The highest BCUT2D eigenvalue weighted by Gasteiger charge is 2.25. The number of carbonyl (C=O) groups is 1. The second-order valence-electron chi connectivity index (χ2n) is 5.29. The average molecular weight is 257 g/mol. The molecule has 1 atom stereocenters. The molecule has 1 saturated heterocycles. The summed E-state index contributed by atoms with van der Waals surface area (Å²) in [6.45, 7) is 5.01. The number of hydrogen-bond donors (Lipinski definition) is 0. The third-order valence-electron chi connectivity index (χ3n) is 3.88. The summed E-state index contributed by atoms with van der Waals surface area (Å²) in [6, 6.07) is 10.5. The van der Waals surface area contributed by atoms with Gasteiger partial charge < -0.3 is 4.90 Å². The first-order valence-electron chi connectivity index (χ1n) is 7.26. The van der Waals surface area contributed by atoms with Crippen molar-refractivity contribution in [1.82, 2.24) is 4.90 Å². The van der Waals surface area contributed by atoms with E-state index in [0.717, 1.165) is 36.9 Å². The molecule has 0 saturated carbocycles. The number of amides is 1. The topological polar surface area (TPSA) is 20.3 Å². The minimum absolute atomic E-state index is 0.204. The zero-order chi connectivity index (χ0) is 13.7. The van der Waals surface area contributed by atoms with Gasteiger partial charge in [0.05, 0.1) is 0 Å². The summed E-state index contributed by atoms with van der Waals surface area (Å²) in [7, 11) is 0. The van der Waals surface area contributed by atoms with Gasteiger partial charge >= 0.3 is 0 Å². The van der Waals surface area contributed by atoms with Crippen LogP contribution in [0.5, 0.6) is 0 Å². The highest BCUT2D eigenvalue weighted by molar-refractivity contribution is 5.97. The number of benzene rings is 1. The minimum atomic E-state index is 0.204. The summed E-state index contributed by atoms with van der Waals surface area (Å²) in [6.07, 6.45) is 6.60. The summed E-state index contributed by atoms with van der Waals surface area (Å²) in [5.74, 6) is 0.204. The first kappa shape index (κ1) is 13.9. The monoisotopic (exact) mass is 257 g/mol. The van der Waals surface area contributed by atoms with E-state index in [1.54, 1.807) is 0 Å². The number of hydrogen-bond acceptors (Lipinski definition) is 1. The molecular weight excluding hydrogens is 234 g/mol. The molecule has 0 N–H and O–H groups in total. The van der Waals surface area contributed by atoms with Crippen LogP contribution in [0.25, 0.3) is 6.08 Å². The van der Waals surface area contributed by atoms with Crippen LogP contribution in [0.1, 0.15) is 45.1 Å². The molecule has 0 radical (unpaired) electrons. The molecule has 1 heterocycles. The summed E-state index contributed by atoms with van der Waals surface area (Å²) < 4.78 is 0. The standard InChI is InChI=1S/C17H23NO/c1-3-16-11-7-8-12-18(16)17(19)14(2)13-15-9-5-4-6-10-15/h4-6,9-10,13,16H,3,7-8,11-12H2,1-2H3.